The second-order valence-corrected chi connectivity index (χ2v) is 2.73. The smallest absolute Gasteiger partial charge is 0.0696 e. The molecular weight excluding hydrogens is 152 g/mol. The average Bonchev–Trinajstić information content (AvgIpc) is 2.48. The first kappa shape index (κ1) is 9.00. The van der Waals surface area contributed by atoms with Gasteiger partial charge < -0.3 is 5.11 Å². The molecule has 1 unspecified atom stereocenters. The van der Waals surface area contributed by atoms with E-state index in [0.717, 1.165) is 12.1 Å². The highest BCUT2D eigenvalue weighted by atomic mass is 16.3. The van der Waals surface area contributed by atoms with E-state index in [1.54, 1.807) is 19.2 Å². The molecule has 0 aromatic carbocycles. The summed E-state index contributed by atoms with van der Waals surface area (Å²) < 4.78 is 1.85. The van der Waals surface area contributed by atoms with Crippen LogP contribution in [0.3, 0.4) is 0 Å². The Bertz CT molecular complexity index is 263. The summed E-state index contributed by atoms with van der Waals surface area (Å²) in [6.45, 7) is 4.64. The molecule has 1 N–H and O–H groups in total. The van der Waals surface area contributed by atoms with Gasteiger partial charge in [0, 0.05) is 18.3 Å². The van der Waals surface area contributed by atoms with Gasteiger partial charge in [-0.25, -0.2) is 0 Å². The minimum absolute atomic E-state index is 0.394. The van der Waals surface area contributed by atoms with Crippen LogP contribution in [-0.4, -0.2) is 21.0 Å². The molecule has 3 heteroatoms. The molecule has 0 radical (unpaired) electrons. The molecule has 0 aliphatic heterocycles. The number of hydrogen-bond acceptors (Lipinski definition) is 2. The zero-order chi connectivity index (χ0) is 8.97. The molecule has 0 aliphatic carbocycles. The van der Waals surface area contributed by atoms with E-state index in [1.165, 1.54) is 0 Å². The maximum atomic E-state index is 8.96. The van der Waals surface area contributed by atoms with Crippen LogP contribution in [0, 0.1) is 0 Å². The van der Waals surface area contributed by atoms with Gasteiger partial charge in [-0.3, -0.25) is 4.68 Å². The molecule has 0 aliphatic rings. The Kier molecular flexibility index (Phi) is 3.05. The van der Waals surface area contributed by atoms with E-state index in [2.05, 4.69) is 5.10 Å². The Hall–Kier alpha value is -1.09. The number of rotatable bonds is 3. The maximum absolute atomic E-state index is 8.96. The van der Waals surface area contributed by atoms with Crippen LogP contribution in [0.25, 0.3) is 6.08 Å². The monoisotopic (exact) mass is 166 g/mol. The largest absolute Gasteiger partial charge is 0.389 e. The molecule has 66 valence electrons. The maximum Gasteiger partial charge on any atom is 0.0696 e. The molecule has 1 rings (SSSR count). The van der Waals surface area contributed by atoms with Gasteiger partial charge in [-0.15, -0.1) is 0 Å². The van der Waals surface area contributed by atoms with Crippen molar-refractivity contribution in [3.8, 4) is 0 Å². The lowest BCUT2D eigenvalue weighted by atomic mass is 10.3. The highest BCUT2D eigenvalue weighted by Gasteiger charge is 1.92. The molecule has 0 saturated heterocycles. The third-order valence-electron chi connectivity index (χ3n) is 1.54. The van der Waals surface area contributed by atoms with Gasteiger partial charge in [-0.05, 0) is 13.8 Å². The van der Waals surface area contributed by atoms with Gasteiger partial charge in [-0.1, -0.05) is 12.2 Å². The summed E-state index contributed by atoms with van der Waals surface area (Å²) in [4.78, 5) is 0. The van der Waals surface area contributed by atoms with Crippen LogP contribution in [-0.2, 0) is 6.54 Å². The van der Waals surface area contributed by atoms with Crippen molar-refractivity contribution in [2.45, 2.75) is 26.5 Å². The van der Waals surface area contributed by atoms with Crippen molar-refractivity contribution in [1.82, 2.24) is 9.78 Å². The van der Waals surface area contributed by atoms with Crippen LogP contribution in [0.2, 0.25) is 0 Å². The summed E-state index contributed by atoms with van der Waals surface area (Å²) in [5.74, 6) is 0. The predicted molar refractivity (Wildman–Crippen MR) is 48.6 cm³/mol. The quantitative estimate of drug-likeness (QED) is 0.735. The molecule has 1 heterocycles. The Morgan fingerprint density at radius 2 is 2.50 bits per heavy atom. The molecule has 0 amide bonds. The minimum atomic E-state index is -0.394. The number of aryl methyl sites for hydroxylation is 1. The van der Waals surface area contributed by atoms with Crippen molar-refractivity contribution in [2.24, 2.45) is 0 Å². The minimum Gasteiger partial charge on any atom is -0.389 e. The van der Waals surface area contributed by atoms with Gasteiger partial charge in [0.15, 0.2) is 0 Å². The third kappa shape index (κ3) is 2.51. The number of hydrogen-bond donors (Lipinski definition) is 1. The Balaban J connectivity index is 2.63. The fourth-order valence-electron chi connectivity index (χ4n) is 0.889. The van der Waals surface area contributed by atoms with E-state index in [-0.39, 0.29) is 0 Å². The third-order valence-corrected chi connectivity index (χ3v) is 1.54. The van der Waals surface area contributed by atoms with Crippen molar-refractivity contribution in [3.63, 3.8) is 0 Å². The first-order valence-electron chi connectivity index (χ1n) is 4.11. The fourth-order valence-corrected chi connectivity index (χ4v) is 0.889. The van der Waals surface area contributed by atoms with Crippen molar-refractivity contribution in [3.05, 3.63) is 24.0 Å². The van der Waals surface area contributed by atoms with E-state index in [0.29, 0.717) is 0 Å². The second kappa shape index (κ2) is 4.07. The second-order valence-electron chi connectivity index (χ2n) is 2.73. The highest BCUT2D eigenvalue weighted by Crippen LogP contribution is 2.01. The van der Waals surface area contributed by atoms with Crippen LogP contribution >= 0.6 is 0 Å². The first-order chi connectivity index (χ1) is 5.72. The van der Waals surface area contributed by atoms with Crippen LogP contribution in [0.15, 0.2) is 18.5 Å². The molecule has 0 spiro atoms. The van der Waals surface area contributed by atoms with Crippen LogP contribution in [0.4, 0.5) is 0 Å². The number of aromatic nitrogens is 2. The lowest BCUT2D eigenvalue weighted by Gasteiger charge is -1.91. The lowest BCUT2D eigenvalue weighted by Crippen LogP contribution is -1.92. The number of aliphatic hydroxyl groups is 1. The van der Waals surface area contributed by atoms with Gasteiger partial charge in [0.2, 0.25) is 0 Å². The summed E-state index contributed by atoms with van der Waals surface area (Å²) in [5, 5.41) is 13.1. The van der Waals surface area contributed by atoms with Crippen LogP contribution in [0.1, 0.15) is 19.4 Å². The predicted octanol–water partition coefficient (Wildman–Crippen LogP) is 1.30. The summed E-state index contributed by atoms with van der Waals surface area (Å²) in [7, 11) is 0. The van der Waals surface area contributed by atoms with Crippen LogP contribution < -0.4 is 0 Å². The first-order valence-corrected chi connectivity index (χ1v) is 4.11. The topological polar surface area (TPSA) is 38.0 Å². The van der Waals surface area contributed by atoms with Crippen molar-refractivity contribution in [1.29, 1.82) is 0 Å². The SMILES string of the molecule is CCn1cc(/C=C/C(C)O)cn1. The van der Waals surface area contributed by atoms with Gasteiger partial charge in [0.1, 0.15) is 0 Å². The zero-order valence-electron chi connectivity index (χ0n) is 7.44. The lowest BCUT2D eigenvalue weighted by molar-refractivity contribution is 0.245. The molecule has 1 aromatic rings. The summed E-state index contributed by atoms with van der Waals surface area (Å²) in [6.07, 6.45) is 6.93. The van der Waals surface area contributed by atoms with Crippen LogP contribution in [0.5, 0.6) is 0 Å². The molecule has 12 heavy (non-hydrogen) atoms. The van der Waals surface area contributed by atoms with Gasteiger partial charge in [0.25, 0.3) is 0 Å². The molecule has 1 aromatic heterocycles. The molecule has 0 fully saturated rings. The van der Waals surface area contributed by atoms with Crippen molar-refractivity contribution in [2.75, 3.05) is 0 Å². The van der Waals surface area contributed by atoms with Gasteiger partial charge in [0.05, 0.1) is 12.3 Å². The molecular formula is C9H14N2O. The number of nitrogens with zero attached hydrogens (tertiary/aromatic N) is 2. The summed E-state index contributed by atoms with van der Waals surface area (Å²) >= 11 is 0. The molecule has 1 atom stereocenters. The molecule has 3 nitrogen and oxygen atoms in total. The van der Waals surface area contributed by atoms with Gasteiger partial charge in [-0.2, -0.15) is 5.10 Å². The van der Waals surface area contributed by atoms with E-state index in [9.17, 15) is 0 Å². The fraction of sp³-hybridized carbons (Fsp3) is 0.444. The Labute approximate surface area is 72.3 Å². The van der Waals surface area contributed by atoms with Crippen molar-refractivity contribution >= 4 is 6.08 Å². The Morgan fingerprint density at radius 1 is 1.75 bits per heavy atom. The van der Waals surface area contributed by atoms with E-state index in [1.807, 2.05) is 23.9 Å². The van der Waals surface area contributed by atoms with E-state index in [4.69, 9.17) is 5.11 Å². The Morgan fingerprint density at radius 3 is 3.00 bits per heavy atom. The molecule has 0 saturated carbocycles. The standard InChI is InChI=1S/C9H14N2O/c1-3-11-7-9(6-10-11)5-4-8(2)12/h4-8,12H,3H2,1-2H3/b5-4+. The number of aliphatic hydroxyl groups excluding tert-OH is 1. The summed E-state index contributed by atoms with van der Waals surface area (Å²) in [5.41, 5.74) is 1.03. The average molecular weight is 166 g/mol. The van der Waals surface area contributed by atoms with E-state index >= 15 is 0 Å². The van der Waals surface area contributed by atoms with Gasteiger partial charge >= 0.3 is 0 Å². The van der Waals surface area contributed by atoms with E-state index < -0.39 is 6.10 Å². The highest BCUT2D eigenvalue weighted by molar-refractivity contribution is 5.46. The zero-order valence-corrected chi connectivity index (χ0v) is 7.44. The normalized spacial score (nSPS) is 13.9. The summed E-state index contributed by atoms with van der Waals surface area (Å²) in [6, 6.07) is 0. The molecule has 0 bridgehead atoms. The van der Waals surface area contributed by atoms with Crippen molar-refractivity contribution < 1.29 is 5.11 Å².